The van der Waals surface area contributed by atoms with Gasteiger partial charge in [0, 0.05) is 82.8 Å². The molecule has 0 radical (unpaired) electrons. The van der Waals surface area contributed by atoms with Gasteiger partial charge in [0.05, 0.1) is 35.9 Å². The molecule has 0 saturated heterocycles. The Labute approximate surface area is 323 Å². The van der Waals surface area contributed by atoms with E-state index in [0.717, 1.165) is 66.3 Å². The summed E-state index contributed by atoms with van der Waals surface area (Å²) < 4.78 is 3.20. The predicted molar refractivity (Wildman–Crippen MR) is 220 cm³/mol. The van der Waals surface area contributed by atoms with Gasteiger partial charge in [0.1, 0.15) is 23.7 Å². The minimum atomic E-state index is -0.329. The third kappa shape index (κ3) is 7.76. The van der Waals surface area contributed by atoms with Gasteiger partial charge in [-0.25, -0.2) is 9.97 Å². The molecule has 2 aromatic carbocycles. The van der Waals surface area contributed by atoms with Crippen LogP contribution in [0.15, 0.2) is 110 Å². The lowest BCUT2D eigenvalue weighted by molar-refractivity contribution is 0.591. The first kappa shape index (κ1) is 36.5. The number of benzene rings is 2. The highest BCUT2D eigenvalue weighted by molar-refractivity contribution is 5.99. The number of anilines is 6. The summed E-state index contributed by atoms with van der Waals surface area (Å²) >= 11 is 0. The summed E-state index contributed by atoms with van der Waals surface area (Å²) in [6, 6.07) is 19.6. The second-order valence-corrected chi connectivity index (χ2v) is 13.4. The number of nitrogens with one attached hydrogen (secondary N) is 2. The molecule has 0 unspecified atom stereocenters. The minimum absolute atomic E-state index is 0.329. The number of rotatable bonds is 8. The van der Waals surface area contributed by atoms with Crippen LogP contribution in [0.2, 0.25) is 0 Å². The van der Waals surface area contributed by atoms with Crippen LogP contribution in [-0.4, -0.2) is 39.5 Å². The maximum absolute atomic E-state index is 9.01. The zero-order valence-electron chi connectivity index (χ0n) is 31.2. The van der Waals surface area contributed by atoms with Gasteiger partial charge in [0.2, 0.25) is 0 Å². The van der Waals surface area contributed by atoms with Crippen LogP contribution in [0.1, 0.15) is 37.1 Å². The van der Waals surface area contributed by atoms with Crippen LogP contribution in [0.3, 0.4) is 0 Å². The summed E-state index contributed by atoms with van der Waals surface area (Å²) in [5, 5.41) is 36.6. The van der Waals surface area contributed by atoms with Crippen molar-refractivity contribution in [3.63, 3.8) is 0 Å². The topological polar surface area (TPSA) is 211 Å². The number of fused-ring (bicyclic) bond motifs is 2. The van der Waals surface area contributed by atoms with E-state index in [1.807, 2.05) is 48.8 Å². The van der Waals surface area contributed by atoms with Crippen molar-refractivity contribution in [3.8, 4) is 34.4 Å². The molecule has 14 nitrogen and oxygen atoms in total. The van der Waals surface area contributed by atoms with Crippen molar-refractivity contribution >= 4 is 55.9 Å². The van der Waals surface area contributed by atoms with E-state index in [9.17, 15) is 0 Å². The normalized spacial score (nSPS) is 11.9. The average molecular weight is 739 g/mol. The largest absolute Gasteiger partial charge is 0.398 e. The molecule has 0 amide bonds. The van der Waals surface area contributed by atoms with Crippen molar-refractivity contribution in [1.82, 2.24) is 39.5 Å². The third-order valence-corrected chi connectivity index (χ3v) is 9.35. The zero-order valence-corrected chi connectivity index (χ0v) is 31.2. The fourth-order valence-electron chi connectivity index (χ4n) is 6.20. The summed E-state index contributed by atoms with van der Waals surface area (Å²) in [4.78, 5) is 17.4. The Morgan fingerprint density at radius 3 is 1.43 bits per heavy atom. The first-order valence-electron chi connectivity index (χ1n) is 17.7. The van der Waals surface area contributed by atoms with Crippen molar-refractivity contribution in [1.29, 1.82) is 10.5 Å². The van der Waals surface area contributed by atoms with E-state index in [1.54, 1.807) is 72.8 Å². The van der Waals surface area contributed by atoms with Gasteiger partial charge in [0.15, 0.2) is 0 Å². The fourth-order valence-corrected chi connectivity index (χ4v) is 6.20. The maximum Gasteiger partial charge on any atom is 0.135 e. The molecule has 0 aliphatic heterocycles. The van der Waals surface area contributed by atoms with E-state index in [0.29, 0.717) is 23.0 Å². The van der Waals surface area contributed by atoms with E-state index in [4.69, 9.17) is 22.0 Å². The fraction of sp³-hybridized carbons (Fsp3) is 0.143. The smallest absolute Gasteiger partial charge is 0.135 e. The molecule has 0 saturated carbocycles. The van der Waals surface area contributed by atoms with Crippen molar-refractivity contribution in [2.24, 2.45) is 0 Å². The Kier molecular flexibility index (Phi) is 10.2. The van der Waals surface area contributed by atoms with E-state index < -0.39 is 0 Å². The van der Waals surface area contributed by atoms with Crippen LogP contribution in [0.4, 0.5) is 34.4 Å². The van der Waals surface area contributed by atoms with Gasteiger partial charge in [-0.05, 0) is 109 Å². The highest BCUT2D eigenvalue weighted by atomic mass is 15.3. The molecule has 8 rings (SSSR count). The molecule has 0 aliphatic rings. The number of hydrogen-bond acceptors (Lipinski definition) is 12. The van der Waals surface area contributed by atoms with Crippen molar-refractivity contribution in [3.05, 3.63) is 122 Å². The highest BCUT2D eigenvalue weighted by Crippen LogP contribution is 2.33. The molecule has 276 valence electrons. The van der Waals surface area contributed by atoms with E-state index in [-0.39, 0.29) is 12.1 Å². The molecule has 14 heteroatoms. The SMILES string of the molecule is Cc1ccncc1-c1cc(N)c2cnc(Nc3cnn([C@@H](C)C#N)c3)cc2c1.Cc1ccncc1-c1cc(N)c2cnc(Nc3cnn([C@H](C)C#N)c3)cc2c1. The van der Waals surface area contributed by atoms with E-state index in [2.05, 4.69) is 78.9 Å². The number of nitriles is 2. The maximum atomic E-state index is 9.01. The molecular formula is C42H38N14. The van der Waals surface area contributed by atoms with Gasteiger partial charge in [-0.1, -0.05) is 0 Å². The zero-order chi connectivity index (χ0) is 39.3. The van der Waals surface area contributed by atoms with Crippen molar-refractivity contribution < 1.29 is 0 Å². The standard InChI is InChI=1S/2C21H19N7/c2*1-13-3-4-24-10-18(13)15-5-16-7-21(25-11-19(16)20(23)6-15)27-17-9-26-28(12-17)14(2)8-22/h2*3-7,9-12,14H,23H2,1-2H3,(H,25,27)/t2*14-/m10/s1. The lowest BCUT2D eigenvalue weighted by atomic mass is 9.99. The average Bonchev–Trinajstić information content (AvgIpc) is 3.88. The molecule has 0 spiro atoms. The summed E-state index contributed by atoms with van der Waals surface area (Å²) in [5.41, 5.74) is 21.8. The van der Waals surface area contributed by atoms with Crippen LogP contribution >= 0.6 is 0 Å². The number of aryl methyl sites for hydroxylation is 2. The Morgan fingerprint density at radius 2 is 1.04 bits per heavy atom. The van der Waals surface area contributed by atoms with Crippen LogP contribution in [0, 0.1) is 36.5 Å². The summed E-state index contributed by atoms with van der Waals surface area (Å²) in [5.74, 6) is 1.35. The lowest BCUT2D eigenvalue weighted by Gasteiger charge is -2.11. The molecular weight excluding hydrogens is 701 g/mol. The second kappa shape index (κ2) is 15.6. The Morgan fingerprint density at radius 1 is 0.607 bits per heavy atom. The molecule has 8 aromatic rings. The van der Waals surface area contributed by atoms with Crippen LogP contribution in [0.5, 0.6) is 0 Å². The number of pyridine rings is 4. The number of nitrogens with two attached hydrogens (primary N) is 2. The molecule has 0 fully saturated rings. The van der Waals surface area contributed by atoms with E-state index in [1.165, 1.54) is 0 Å². The predicted octanol–water partition coefficient (Wildman–Crippen LogP) is 8.42. The molecule has 56 heavy (non-hydrogen) atoms. The quantitative estimate of drug-likeness (QED) is 0.108. The van der Waals surface area contributed by atoms with Gasteiger partial charge in [0.25, 0.3) is 0 Å². The van der Waals surface area contributed by atoms with Gasteiger partial charge in [-0.3, -0.25) is 19.3 Å². The number of nitrogens with zero attached hydrogens (tertiary/aromatic N) is 10. The van der Waals surface area contributed by atoms with Crippen molar-refractivity contribution in [2.75, 3.05) is 22.1 Å². The Hall–Kier alpha value is -7.84. The number of aromatic nitrogens is 8. The summed E-state index contributed by atoms with van der Waals surface area (Å²) in [6.45, 7) is 7.68. The van der Waals surface area contributed by atoms with Gasteiger partial charge < -0.3 is 22.1 Å². The van der Waals surface area contributed by atoms with Crippen LogP contribution in [-0.2, 0) is 0 Å². The first-order chi connectivity index (χ1) is 27.1. The van der Waals surface area contributed by atoms with Gasteiger partial charge in [-0.15, -0.1) is 0 Å². The number of hydrogen-bond donors (Lipinski definition) is 4. The molecule has 6 N–H and O–H groups in total. The molecule has 0 aliphatic carbocycles. The van der Waals surface area contributed by atoms with Gasteiger partial charge >= 0.3 is 0 Å². The van der Waals surface area contributed by atoms with E-state index >= 15 is 0 Å². The third-order valence-electron chi connectivity index (χ3n) is 9.35. The van der Waals surface area contributed by atoms with Gasteiger partial charge in [-0.2, -0.15) is 20.7 Å². The minimum Gasteiger partial charge on any atom is -0.398 e. The van der Waals surface area contributed by atoms with Crippen LogP contribution < -0.4 is 22.1 Å². The lowest BCUT2D eigenvalue weighted by Crippen LogP contribution is -2.02. The molecule has 6 aromatic heterocycles. The summed E-state index contributed by atoms with van der Waals surface area (Å²) in [7, 11) is 0. The monoisotopic (exact) mass is 738 g/mol. The highest BCUT2D eigenvalue weighted by Gasteiger charge is 2.12. The Bertz CT molecular complexity index is 2600. The first-order valence-corrected chi connectivity index (χ1v) is 17.7. The molecule has 6 heterocycles. The Balaban J connectivity index is 0.000000172. The molecule has 2 atom stereocenters. The molecule has 0 bridgehead atoms. The number of nitrogen functional groups attached to an aromatic ring is 2. The second-order valence-electron chi connectivity index (χ2n) is 13.4. The van der Waals surface area contributed by atoms with Crippen molar-refractivity contribution in [2.45, 2.75) is 39.8 Å². The van der Waals surface area contributed by atoms with Crippen LogP contribution in [0.25, 0.3) is 43.8 Å². The summed E-state index contributed by atoms with van der Waals surface area (Å²) in [6.07, 6.45) is 17.7.